The first-order valence-electron chi connectivity index (χ1n) is 1.91. The van der Waals surface area contributed by atoms with Gasteiger partial charge in [-0.3, -0.25) is 0 Å². The van der Waals surface area contributed by atoms with Gasteiger partial charge in [0.1, 0.15) is 6.10 Å². The first-order valence-corrected chi connectivity index (χ1v) is 2.57. The lowest BCUT2D eigenvalue weighted by molar-refractivity contribution is 0.0280. The molecule has 4 nitrogen and oxygen atoms in total. The van der Waals surface area contributed by atoms with Gasteiger partial charge in [0.25, 0.3) is 0 Å². The fourth-order valence-corrected chi connectivity index (χ4v) is 0.230. The fraction of sp³-hybridized carbons (Fsp3) is 1.00. The lowest BCUT2D eigenvalue weighted by Gasteiger charge is -2.07. The normalized spacial score (nSPS) is 16.5. The molecule has 0 aliphatic carbocycles. The van der Waals surface area contributed by atoms with Crippen LogP contribution in [0.3, 0.4) is 0 Å². The van der Waals surface area contributed by atoms with Gasteiger partial charge in [0.2, 0.25) is 0 Å². The molecule has 5 heteroatoms. The topological polar surface area (TPSA) is 95.7 Å². The molecule has 0 bridgehead atoms. The van der Waals surface area contributed by atoms with Crippen molar-refractivity contribution in [1.29, 1.82) is 0 Å². The van der Waals surface area contributed by atoms with Crippen LogP contribution < -0.4 is 6.15 Å². The minimum atomic E-state index is -1.02. The fourth-order valence-electron chi connectivity index (χ4n) is 0.108. The van der Waals surface area contributed by atoms with Crippen molar-refractivity contribution in [3.8, 4) is 0 Å². The summed E-state index contributed by atoms with van der Waals surface area (Å²) in [4.78, 5) is 0. The maximum Gasteiger partial charge on any atom is 0.106 e. The smallest absolute Gasteiger partial charge is 0.106 e. The SMILES string of the molecule is N.OCC(O)C(O)P. The van der Waals surface area contributed by atoms with Crippen LogP contribution in [-0.2, 0) is 0 Å². The van der Waals surface area contributed by atoms with E-state index >= 15 is 0 Å². The van der Waals surface area contributed by atoms with Gasteiger partial charge in [-0.25, -0.2) is 0 Å². The van der Waals surface area contributed by atoms with Gasteiger partial charge in [0.15, 0.2) is 0 Å². The van der Waals surface area contributed by atoms with Crippen LogP contribution in [0.1, 0.15) is 0 Å². The quantitative estimate of drug-likeness (QED) is 0.359. The van der Waals surface area contributed by atoms with Gasteiger partial charge in [-0.05, 0) is 0 Å². The Bertz CT molecular complexity index is 51.8. The summed E-state index contributed by atoms with van der Waals surface area (Å²) in [5, 5.41) is 24.9. The molecular weight excluding hydrogens is 129 g/mol. The Morgan fingerprint density at radius 2 is 1.75 bits per heavy atom. The summed E-state index contributed by atoms with van der Waals surface area (Å²) in [6, 6.07) is 0. The van der Waals surface area contributed by atoms with Crippen LogP contribution in [-0.4, -0.2) is 33.9 Å². The number of aliphatic hydroxyl groups excluding tert-OH is 3. The zero-order valence-corrected chi connectivity index (χ0v) is 5.64. The molecule has 52 valence electrons. The molecule has 3 unspecified atom stereocenters. The second-order valence-electron chi connectivity index (χ2n) is 1.24. The van der Waals surface area contributed by atoms with E-state index in [9.17, 15) is 0 Å². The minimum Gasteiger partial charge on any atom is -0.394 e. The highest BCUT2D eigenvalue weighted by Crippen LogP contribution is 1.98. The molecule has 0 aromatic heterocycles. The van der Waals surface area contributed by atoms with Crippen molar-refractivity contribution in [3.05, 3.63) is 0 Å². The molecule has 8 heavy (non-hydrogen) atoms. The van der Waals surface area contributed by atoms with Crippen molar-refractivity contribution in [1.82, 2.24) is 6.15 Å². The van der Waals surface area contributed by atoms with Crippen LogP contribution in [0.25, 0.3) is 0 Å². The third-order valence-electron chi connectivity index (χ3n) is 0.581. The summed E-state index contributed by atoms with van der Waals surface area (Å²) >= 11 is 0. The maximum atomic E-state index is 8.41. The van der Waals surface area contributed by atoms with Crippen LogP contribution in [0.2, 0.25) is 0 Å². The second kappa shape index (κ2) is 5.41. The number of hydrogen-bond acceptors (Lipinski definition) is 4. The predicted molar refractivity (Wildman–Crippen MR) is 33.8 cm³/mol. The highest BCUT2D eigenvalue weighted by atomic mass is 31.0. The van der Waals surface area contributed by atoms with Crippen LogP contribution in [0, 0.1) is 0 Å². The van der Waals surface area contributed by atoms with Crippen LogP contribution in [0.4, 0.5) is 0 Å². The van der Waals surface area contributed by atoms with Gasteiger partial charge in [-0.2, -0.15) is 0 Å². The van der Waals surface area contributed by atoms with Gasteiger partial charge in [0, 0.05) is 0 Å². The molecule has 0 saturated carbocycles. The number of rotatable bonds is 2. The summed E-state index contributed by atoms with van der Waals surface area (Å²) in [5.74, 6) is -0.912. The van der Waals surface area contributed by atoms with Crippen molar-refractivity contribution in [2.75, 3.05) is 6.61 Å². The summed E-state index contributed by atoms with van der Waals surface area (Å²) in [5.41, 5.74) is 0. The van der Waals surface area contributed by atoms with E-state index in [4.69, 9.17) is 15.3 Å². The first kappa shape index (κ1) is 11.1. The Labute approximate surface area is 50.3 Å². The highest BCUT2D eigenvalue weighted by Gasteiger charge is 2.06. The maximum absolute atomic E-state index is 8.41. The summed E-state index contributed by atoms with van der Waals surface area (Å²) < 4.78 is 0. The van der Waals surface area contributed by atoms with Crippen molar-refractivity contribution in [2.24, 2.45) is 0 Å². The summed E-state index contributed by atoms with van der Waals surface area (Å²) in [7, 11) is 1.96. The lowest BCUT2D eigenvalue weighted by atomic mass is 10.4. The molecule has 0 aliphatic rings. The molecule has 0 rings (SSSR count). The standard InChI is InChI=1S/C3H9O3P.H3N/c4-1-2(5)3(6)7;/h2-6H,1,7H2;1H3. The van der Waals surface area contributed by atoms with Gasteiger partial charge < -0.3 is 21.5 Å². The second-order valence-corrected chi connectivity index (χ2v) is 1.92. The molecule has 0 radical (unpaired) electrons. The van der Waals surface area contributed by atoms with E-state index in [2.05, 4.69) is 0 Å². The van der Waals surface area contributed by atoms with Gasteiger partial charge in [0.05, 0.1) is 12.5 Å². The molecule has 3 atom stereocenters. The third-order valence-corrected chi connectivity index (χ3v) is 1.03. The van der Waals surface area contributed by atoms with Crippen LogP contribution >= 0.6 is 9.24 Å². The van der Waals surface area contributed by atoms with Crippen molar-refractivity contribution < 1.29 is 15.3 Å². The summed E-state index contributed by atoms with van der Waals surface area (Å²) in [6.07, 6.45) is -1.02. The summed E-state index contributed by atoms with van der Waals surface area (Å²) in [6.45, 7) is -0.398. The number of aliphatic hydroxyl groups is 3. The number of hydrogen-bond donors (Lipinski definition) is 4. The van der Waals surface area contributed by atoms with Crippen molar-refractivity contribution in [2.45, 2.75) is 11.9 Å². The van der Waals surface area contributed by atoms with E-state index in [1.807, 2.05) is 9.24 Å². The van der Waals surface area contributed by atoms with Gasteiger partial charge in [-0.15, -0.1) is 9.24 Å². The van der Waals surface area contributed by atoms with E-state index in [0.717, 1.165) is 0 Å². The average molecular weight is 141 g/mol. The molecular formula is C3H12NO3P. The molecule has 6 N–H and O–H groups in total. The molecule has 0 spiro atoms. The lowest BCUT2D eigenvalue weighted by Crippen LogP contribution is -2.23. The Morgan fingerprint density at radius 3 is 1.75 bits per heavy atom. The molecule has 0 aromatic rings. The van der Waals surface area contributed by atoms with Gasteiger partial charge in [-0.1, -0.05) is 0 Å². The first-order chi connectivity index (χ1) is 3.18. The van der Waals surface area contributed by atoms with E-state index in [0.29, 0.717) is 0 Å². The zero-order chi connectivity index (χ0) is 5.86. The Balaban J connectivity index is 0. The minimum absolute atomic E-state index is 0. The van der Waals surface area contributed by atoms with E-state index < -0.39 is 18.6 Å². The Hall–Kier alpha value is 0.270. The zero-order valence-electron chi connectivity index (χ0n) is 4.49. The van der Waals surface area contributed by atoms with Crippen LogP contribution in [0.5, 0.6) is 0 Å². The molecule has 0 amide bonds. The predicted octanol–water partition coefficient (Wildman–Crippen LogP) is -1.30. The van der Waals surface area contributed by atoms with Crippen LogP contribution in [0.15, 0.2) is 0 Å². The van der Waals surface area contributed by atoms with Crippen molar-refractivity contribution >= 4 is 9.24 Å². The molecule has 0 aliphatic heterocycles. The van der Waals surface area contributed by atoms with E-state index in [1.54, 1.807) is 0 Å². The Morgan fingerprint density at radius 1 is 1.38 bits per heavy atom. The third kappa shape index (κ3) is 4.43. The Kier molecular flexibility index (Phi) is 7.52. The van der Waals surface area contributed by atoms with Gasteiger partial charge >= 0.3 is 0 Å². The molecule has 0 fully saturated rings. The van der Waals surface area contributed by atoms with E-state index in [-0.39, 0.29) is 6.15 Å². The largest absolute Gasteiger partial charge is 0.394 e. The van der Waals surface area contributed by atoms with E-state index in [1.165, 1.54) is 0 Å². The molecule has 0 saturated heterocycles. The van der Waals surface area contributed by atoms with Crippen molar-refractivity contribution in [3.63, 3.8) is 0 Å². The monoisotopic (exact) mass is 141 g/mol. The molecule has 0 heterocycles. The average Bonchev–Trinajstić information content (AvgIpc) is 1.65. The molecule has 0 aromatic carbocycles. The highest BCUT2D eigenvalue weighted by molar-refractivity contribution is 7.17.